The standard InChI is InChI=1S/C15H20ClNO/c1-12-4-2-3-5-14(12)6-7-15(18)17-9-8-13(10-16)11-17/h2-5,13H,6-11H2,1H3. The van der Waals surface area contributed by atoms with E-state index in [-0.39, 0.29) is 5.91 Å². The third kappa shape index (κ3) is 3.26. The van der Waals surface area contributed by atoms with Gasteiger partial charge in [0, 0.05) is 25.4 Å². The highest BCUT2D eigenvalue weighted by molar-refractivity contribution is 6.18. The second-order valence-corrected chi connectivity index (χ2v) is 5.38. The minimum Gasteiger partial charge on any atom is -0.342 e. The molecule has 98 valence electrons. The van der Waals surface area contributed by atoms with Gasteiger partial charge in [-0.15, -0.1) is 11.6 Å². The van der Waals surface area contributed by atoms with Gasteiger partial charge in [-0.05, 0) is 36.8 Å². The second kappa shape index (κ2) is 6.24. The van der Waals surface area contributed by atoms with E-state index in [1.54, 1.807) is 0 Å². The molecule has 18 heavy (non-hydrogen) atoms. The molecule has 2 rings (SSSR count). The van der Waals surface area contributed by atoms with Crippen LogP contribution in [0.3, 0.4) is 0 Å². The van der Waals surface area contributed by atoms with Crippen LogP contribution in [0.4, 0.5) is 0 Å². The molecule has 1 fully saturated rings. The molecule has 0 aromatic heterocycles. The Labute approximate surface area is 114 Å². The molecule has 1 aliphatic rings. The molecule has 1 aromatic carbocycles. The maximum atomic E-state index is 12.1. The lowest BCUT2D eigenvalue weighted by Crippen LogP contribution is -2.29. The first-order valence-electron chi connectivity index (χ1n) is 6.59. The van der Waals surface area contributed by atoms with Gasteiger partial charge in [0.1, 0.15) is 0 Å². The summed E-state index contributed by atoms with van der Waals surface area (Å²) in [6.45, 7) is 3.82. The van der Waals surface area contributed by atoms with E-state index < -0.39 is 0 Å². The largest absolute Gasteiger partial charge is 0.342 e. The molecule has 2 nitrogen and oxygen atoms in total. The van der Waals surface area contributed by atoms with Crippen molar-refractivity contribution in [2.75, 3.05) is 19.0 Å². The van der Waals surface area contributed by atoms with Crippen LogP contribution in [0.2, 0.25) is 0 Å². The van der Waals surface area contributed by atoms with Crippen LogP contribution in [0.25, 0.3) is 0 Å². The number of carbonyl (C=O) groups is 1. The van der Waals surface area contributed by atoms with Crippen LogP contribution in [-0.2, 0) is 11.2 Å². The molecule has 1 unspecified atom stereocenters. The van der Waals surface area contributed by atoms with Gasteiger partial charge in [-0.2, -0.15) is 0 Å². The van der Waals surface area contributed by atoms with Crippen LogP contribution in [0.5, 0.6) is 0 Å². The van der Waals surface area contributed by atoms with Crippen LogP contribution >= 0.6 is 11.6 Å². The number of likely N-dealkylation sites (tertiary alicyclic amines) is 1. The van der Waals surface area contributed by atoms with Gasteiger partial charge in [-0.1, -0.05) is 24.3 Å². The Morgan fingerprint density at radius 2 is 2.22 bits per heavy atom. The molecular formula is C15H20ClNO. The van der Waals surface area contributed by atoms with Crippen LogP contribution in [-0.4, -0.2) is 29.8 Å². The summed E-state index contributed by atoms with van der Waals surface area (Å²) in [5.41, 5.74) is 2.55. The van der Waals surface area contributed by atoms with Crippen LogP contribution < -0.4 is 0 Å². The molecule has 0 N–H and O–H groups in total. The molecule has 1 aromatic rings. The molecule has 1 amide bonds. The molecule has 0 bridgehead atoms. The Balaban J connectivity index is 1.84. The number of benzene rings is 1. The molecule has 0 aliphatic carbocycles. The van der Waals surface area contributed by atoms with E-state index in [2.05, 4.69) is 19.1 Å². The number of rotatable bonds is 4. The summed E-state index contributed by atoms with van der Waals surface area (Å²) >= 11 is 5.83. The Morgan fingerprint density at radius 1 is 1.44 bits per heavy atom. The fraction of sp³-hybridized carbons (Fsp3) is 0.533. The van der Waals surface area contributed by atoms with Crippen molar-refractivity contribution in [2.45, 2.75) is 26.2 Å². The van der Waals surface area contributed by atoms with E-state index in [9.17, 15) is 4.79 Å². The fourth-order valence-electron chi connectivity index (χ4n) is 2.48. The highest BCUT2D eigenvalue weighted by Gasteiger charge is 2.25. The van der Waals surface area contributed by atoms with Crippen molar-refractivity contribution in [3.63, 3.8) is 0 Å². The summed E-state index contributed by atoms with van der Waals surface area (Å²) in [5, 5.41) is 0. The lowest BCUT2D eigenvalue weighted by atomic mass is 10.0. The topological polar surface area (TPSA) is 20.3 Å². The fourth-order valence-corrected chi connectivity index (χ4v) is 2.73. The first kappa shape index (κ1) is 13.4. The zero-order chi connectivity index (χ0) is 13.0. The van der Waals surface area contributed by atoms with E-state index >= 15 is 0 Å². The molecule has 0 spiro atoms. The molecule has 0 saturated carbocycles. The van der Waals surface area contributed by atoms with Gasteiger partial charge in [0.2, 0.25) is 5.91 Å². The average Bonchev–Trinajstić information content (AvgIpc) is 2.86. The van der Waals surface area contributed by atoms with Gasteiger partial charge in [0.15, 0.2) is 0 Å². The normalized spacial score (nSPS) is 19.2. The predicted octanol–water partition coefficient (Wildman–Crippen LogP) is 3.01. The Morgan fingerprint density at radius 3 is 2.89 bits per heavy atom. The van der Waals surface area contributed by atoms with Crippen molar-refractivity contribution in [3.05, 3.63) is 35.4 Å². The van der Waals surface area contributed by atoms with E-state index in [0.717, 1.165) is 25.9 Å². The third-order valence-electron chi connectivity index (χ3n) is 3.73. The smallest absolute Gasteiger partial charge is 0.222 e. The number of hydrogen-bond acceptors (Lipinski definition) is 1. The van der Waals surface area contributed by atoms with Crippen LogP contribution in [0, 0.1) is 12.8 Å². The second-order valence-electron chi connectivity index (χ2n) is 5.08. The highest BCUT2D eigenvalue weighted by atomic mass is 35.5. The van der Waals surface area contributed by atoms with Crippen molar-refractivity contribution in [1.82, 2.24) is 4.90 Å². The minimum absolute atomic E-state index is 0.269. The van der Waals surface area contributed by atoms with Gasteiger partial charge < -0.3 is 4.90 Å². The summed E-state index contributed by atoms with van der Waals surface area (Å²) in [5.74, 6) is 1.43. The lowest BCUT2D eigenvalue weighted by molar-refractivity contribution is -0.130. The summed E-state index contributed by atoms with van der Waals surface area (Å²) < 4.78 is 0. The summed E-state index contributed by atoms with van der Waals surface area (Å²) in [7, 11) is 0. The lowest BCUT2D eigenvalue weighted by Gasteiger charge is -2.16. The number of carbonyl (C=O) groups excluding carboxylic acids is 1. The summed E-state index contributed by atoms with van der Waals surface area (Å²) in [6, 6.07) is 8.27. The van der Waals surface area contributed by atoms with Gasteiger partial charge in [-0.25, -0.2) is 0 Å². The highest BCUT2D eigenvalue weighted by Crippen LogP contribution is 2.19. The Hall–Kier alpha value is -1.02. The van der Waals surface area contributed by atoms with Gasteiger partial charge >= 0.3 is 0 Å². The van der Waals surface area contributed by atoms with Crippen molar-refractivity contribution >= 4 is 17.5 Å². The SMILES string of the molecule is Cc1ccccc1CCC(=O)N1CCC(CCl)C1. The Kier molecular flexibility index (Phi) is 4.65. The first-order chi connectivity index (χ1) is 8.70. The number of aryl methyl sites for hydroxylation is 2. The van der Waals surface area contributed by atoms with Gasteiger partial charge in [0.05, 0.1) is 0 Å². The number of alkyl halides is 1. The quantitative estimate of drug-likeness (QED) is 0.767. The van der Waals surface area contributed by atoms with Crippen molar-refractivity contribution < 1.29 is 4.79 Å². The number of hydrogen-bond donors (Lipinski definition) is 0. The minimum atomic E-state index is 0.269. The van der Waals surface area contributed by atoms with Crippen molar-refractivity contribution in [2.24, 2.45) is 5.92 Å². The third-order valence-corrected chi connectivity index (χ3v) is 4.16. The predicted molar refractivity (Wildman–Crippen MR) is 74.9 cm³/mol. The van der Waals surface area contributed by atoms with Crippen LogP contribution in [0.1, 0.15) is 24.0 Å². The molecule has 3 heteroatoms. The molecule has 1 saturated heterocycles. The molecule has 1 aliphatic heterocycles. The number of amides is 1. The maximum Gasteiger partial charge on any atom is 0.222 e. The zero-order valence-corrected chi connectivity index (χ0v) is 11.6. The zero-order valence-electron chi connectivity index (χ0n) is 10.9. The summed E-state index contributed by atoms with van der Waals surface area (Å²) in [4.78, 5) is 14.0. The van der Waals surface area contributed by atoms with Crippen molar-refractivity contribution in [3.8, 4) is 0 Å². The first-order valence-corrected chi connectivity index (χ1v) is 7.12. The van der Waals surface area contributed by atoms with Crippen LogP contribution in [0.15, 0.2) is 24.3 Å². The average molecular weight is 266 g/mol. The molecule has 0 radical (unpaired) electrons. The van der Waals surface area contributed by atoms with E-state index in [1.807, 2.05) is 17.0 Å². The van der Waals surface area contributed by atoms with E-state index in [4.69, 9.17) is 11.6 Å². The van der Waals surface area contributed by atoms with E-state index in [1.165, 1.54) is 11.1 Å². The molecule has 1 atom stereocenters. The maximum absolute atomic E-state index is 12.1. The Bertz CT molecular complexity index is 419. The van der Waals surface area contributed by atoms with Crippen molar-refractivity contribution in [1.29, 1.82) is 0 Å². The molecule has 1 heterocycles. The molecular weight excluding hydrogens is 246 g/mol. The van der Waals surface area contributed by atoms with Gasteiger partial charge in [-0.3, -0.25) is 4.79 Å². The monoisotopic (exact) mass is 265 g/mol. The summed E-state index contributed by atoms with van der Waals surface area (Å²) in [6.07, 6.45) is 2.51. The number of nitrogens with zero attached hydrogens (tertiary/aromatic N) is 1. The van der Waals surface area contributed by atoms with E-state index in [0.29, 0.717) is 18.2 Å². The number of halogens is 1. The van der Waals surface area contributed by atoms with Gasteiger partial charge in [0.25, 0.3) is 0 Å².